The number of rotatable bonds is 6. The highest BCUT2D eigenvalue weighted by Crippen LogP contribution is 2.39. The summed E-state index contributed by atoms with van der Waals surface area (Å²) in [4.78, 5) is 22.1. The second-order valence-corrected chi connectivity index (χ2v) is 5.30. The molecule has 114 valence electrons. The van der Waals surface area contributed by atoms with Crippen molar-refractivity contribution in [1.29, 1.82) is 0 Å². The lowest BCUT2D eigenvalue weighted by Crippen LogP contribution is -2.55. The number of benzene rings is 1. The van der Waals surface area contributed by atoms with E-state index in [0.29, 0.717) is 11.3 Å². The van der Waals surface area contributed by atoms with Gasteiger partial charge in [0, 0.05) is 11.6 Å². The van der Waals surface area contributed by atoms with E-state index in [1.54, 1.807) is 13.0 Å². The summed E-state index contributed by atoms with van der Waals surface area (Å²) in [6, 6.07) is 4.43. The molecule has 2 rings (SSSR count). The third-order valence-corrected chi connectivity index (χ3v) is 3.71. The first-order chi connectivity index (χ1) is 9.88. The topological polar surface area (TPSA) is 105 Å². The Kier molecular flexibility index (Phi) is 4.13. The van der Waals surface area contributed by atoms with Crippen LogP contribution in [-0.2, 0) is 9.53 Å². The van der Waals surface area contributed by atoms with Crippen LogP contribution in [0, 0.1) is 23.0 Å². The molecule has 0 radical (unpaired) electrons. The molecule has 1 aliphatic carbocycles. The molecule has 1 atom stereocenters. The van der Waals surface area contributed by atoms with Crippen LogP contribution in [-0.4, -0.2) is 30.1 Å². The first-order valence-electron chi connectivity index (χ1n) is 6.63. The number of aryl methyl sites for hydroxylation is 1. The second-order valence-electron chi connectivity index (χ2n) is 5.30. The van der Waals surface area contributed by atoms with Crippen LogP contribution in [0.25, 0.3) is 0 Å². The maximum Gasteiger partial charge on any atom is 0.329 e. The molecule has 1 unspecified atom stereocenters. The highest BCUT2D eigenvalue weighted by Gasteiger charge is 2.49. The maximum absolute atomic E-state index is 11.8. The van der Waals surface area contributed by atoms with Gasteiger partial charge in [-0.1, -0.05) is 0 Å². The van der Waals surface area contributed by atoms with Crippen molar-refractivity contribution < 1.29 is 19.2 Å². The molecule has 0 aliphatic heterocycles. The van der Waals surface area contributed by atoms with E-state index in [-0.39, 0.29) is 18.2 Å². The highest BCUT2D eigenvalue weighted by molar-refractivity contribution is 5.81. The van der Waals surface area contributed by atoms with Gasteiger partial charge in [-0.05, 0) is 37.8 Å². The van der Waals surface area contributed by atoms with E-state index in [0.717, 1.165) is 12.8 Å². The van der Waals surface area contributed by atoms with Gasteiger partial charge in [-0.2, -0.15) is 0 Å². The molecule has 1 fully saturated rings. The van der Waals surface area contributed by atoms with Crippen LogP contribution in [0.2, 0.25) is 0 Å². The Morgan fingerprint density at radius 3 is 2.67 bits per heavy atom. The fourth-order valence-electron chi connectivity index (χ4n) is 2.26. The minimum Gasteiger partial charge on any atom is -0.491 e. The minimum absolute atomic E-state index is 0.0123. The van der Waals surface area contributed by atoms with Gasteiger partial charge in [0.2, 0.25) is 0 Å². The fourth-order valence-corrected chi connectivity index (χ4v) is 2.26. The molecular weight excluding hydrogens is 276 g/mol. The first-order valence-corrected chi connectivity index (χ1v) is 6.63. The van der Waals surface area contributed by atoms with Gasteiger partial charge in [0.1, 0.15) is 12.4 Å². The molecule has 0 amide bonds. The van der Waals surface area contributed by atoms with E-state index in [4.69, 9.17) is 15.2 Å². The lowest BCUT2D eigenvalue weighted by Gasteiger charge is -2.26. The Labute approximate surface area is 122 Å². The smallest absolute Gasteiger partial charge is 0.329 e. The molecule has 2 N–H and O–H groups in total. The van der Waals surface area contributed by atoms with Crippen molar-refractivity contribution >= 4 is 11.7 Å². The number of ether oxygens (including phenoxy) is 2. The average molecular weight is 294 g/mol. The summed E-state index contributed by atoms with van der Waals surface area (Å²) < 4.78 is 10.3. The zero-order valence-corrected chi connectivity index (χ0v) is 12.0. The average Bonchev–Trinajstić information content (AvgIpc) is 3.28. The van der Waals surface area contributed by atoms with E-state index >= 15 is 0 Å². The van der Waals surface area contributed by atoms with E-state index in [9.17, 15) is 14.9 Å². The molecule has 21 heavy (non-hydrogen) atoms. The number of nitro benzene ring substituents is 1. The third kappa shape index (κ3) is 3.13. The second kappa shape index (κ2) is 5.69. The van der Waals surface area contributed by atoms with Gasteiger partial charge in [-0.3, -0.25) is 10.1 Å². The lowest BCUT2D eigenvalue weighted by molar-refractivity contribution is -0.385. The predicted octanol–water partition coefficient (Wildman–Crippen LogP) is 1.56. The van der Waals surface area contributed by atoms with Gasteiger partial charge in [-0.25, -0.2) is 4.79 Å². The molecule has 7 heteroatoms. The fraction of sp³-hybridized carbons (Fsp3) is 0.500. The zero-order chi connectivity index (χ0) is 15.6. The first kappa shape index (κ1) is 15.2. The molecule has 1 aromatic carbocycles. The highest BCUT2D eigenvalue weighted by atomic mass is 16.6. The predicted molar refractivity (Wildman–Crippen MR) is 75.0 cm³/mol. The van der Waals surface area contributed by atoms with Crippen LogP contribution >= 0.6 is 0 Å². The summed E-state index contributed by atoms with van der Waals surface area (Å²) in [6.45, 7) is 1.61. The Morgan fingerprint density at radius 2 is 2.19 bits per heavy atom. The Balaban J connectivity index is 2.09. The molecule has 0 heterocycles. The molecular formula is C14H18N2O5. The number of nitrogens with zero attached hydrogens (tertiary/aromatic N) is 1. The minimum atomic E-state index is -1.16. The van der Waals surface area contributed by atoms with Gasteiger partial charge < -0.3 is 15.2 Å². The van der Waals surface area contributed by atoms with Crippen LogP contribution in [0.1, 0.15) is 18.4 Å². The van der Waals surface area contributed by atoms with Crippen molar-refractivity contribution in [2.75, 3.05) is 13.7 Å². The molecule has 1 saturated carbocycles. The molecule has 0 bridgehead atoms. The van der Waals surface area contributed by atoms with Crippen molar-refractivity contribution in [1.82, 2.24) is 0 Å². The van der Waals surface area contributed by atoms with Crippen LogP contribution < -0.4 is 10.5 Å². The van der Waals surface area contributed by atoms with Gasteiger partial charge in [0.15, 0.2) is 5.54 Å². The van der Waals surface area contributed by atoms with Gasteiger partial charge in [-0.15, -0.1) is 0 Å². The number of nitrogens with two attached hydrogens (primary N) is 1. The summed E-state index contributed by atoms with van der Waals surface area (Å²) in [5, 5.41) is 10.8. The number of nitro groups is 1. The quantitative estimate of drug-likeness (QED) is 0.485. The van der Waals surface area contributed by atoms with Crippen LogP contribution in [0.4, 0.5) is 5.69 Å². The summed E-state index contributed by atoms with van der Waals surface area (Å²) in [7, 11) is 1.29. The number of hydrogen-bond acceptors (Lipinski definition) is 6. The van der Waals surface area contributed by atoms with Crippen LogP contribution in [0.3, 0.4) is 0 Å². The van der Waals surface area contributed by atoms with Gasteiger partial charge in [0.25, 0.3) is 5.69 Å². The molecule has 0 aromatic heterocycles. The number of carbonyl (C=O) groups is 1. The standard InChI is InChI=1S/C14H18N2O5/c1-9-7-11(5-6-12(9)16(18)19)21-8-14(15,10-3-4-10)13(17)20-2/h5-7,10H,3-4,8,15H2,1-2H3. The van der Waals surface area contributed by atoms with Crippen LogP contribution in [0.15, 0.2) is 18.2 Å². The van der Waals surface area contributed by atoms with E-state index in [1.807, 2.05) is 0 Å². The van der Waals surface area contributed by atoms with E-state index in [2.05, 4.69) is 0 Å². The Morgan fingerprint density at radius 1 is 1.52 bits per heavy atom. The Hall–Kier alpha value is -2.15. The third-order valence-electron chi connectivity index (χ3n) is 3.71. The van der Waals surface area contributed by atoms with Crippen molar-refractivity contribution in [3.8, 4) is 5.75 Å². The van der Waals surface area contributed by atoms with Crippen LogP contribution in [0.5, 0.6) is 5.75 Å². The molecule has 7 nitrogen and oxygen atoms in total. The lowest BCUT2D eigenvalue weighted by atomic mass is 9.96. The van der Waals surface area contributed by atoms with Crippen molar-refractivity contribution in [2.24, 2.45) is 11.7 Å². The number of esters is 1. The number of carbonyl (C=O) groups excluding carboxylic acids is 1. The number of hydrogen-bond donors (Lipinski definition) is 1. The Bertz CT molecular complexity index is 570. The van der Waals surface area contributed by atoms with Crippen molar-refractivity contribution in [2.45, 2.75) is 25.3 Å². The van der Waals surface area contributed by atoms with E-state index < -0.39 is 16.4 Å². The molecule has 1 aromatic rings. The SMILES string of the molecule is COC(=O)C(N)(COc1ccc([N+](=O)[O-])c(C)c1)C1CC1. The summed E-state index contributed by atoms with van der Waals surface area (Å²) >= 11 is 0. The number of methoxy groups -OCH3 is 1. The maximum atomic E-state index is 11.8. The zero-order valence-electron chi connectivity index (χ0n) is 12.0. The largest absolute Gasteiger partial charge is 0.491 e. The molecule has 0 saturated heterocycles. The molecule has 1 aliphatic rings. The van der Waals surface area contributed by atoms with Crippen molar-refractivity contribution in [3.05, 3.63) is 33.9 Å². The van der Waals surface area contributed by atoms with E-state index in [1.165, 1.54) is 19.2 Å². The van der Waals surface area contributed by atoms with Gasteiger partial charge in [0.05, 0.1) is 12.0 Å². The summed E-state index contributed by atoms with van der Waals surface area (Å²) in [5.74, 6) is 0.00482. The monoisotopic (exact) mass is 294 g/mol. The van der Waals surface area contributed by atoms with Gasteiger partial charge >= 0.3 is 5.97 Å². The van der Waals surface area contributed by atoms with Crippen molar-refractivity contribution in [3.63, 3.8) is 0 Å². The summed E-state index contributed by atoms with van der Waals surface area (Å²) in [5.41, 5.74) is 5.47. The normalized spacial score (nSPS) is 16.9. The summed E-state index contributed by atoms with van der Waals surface area (Å²) in [6.07, 6.45) is 1.74. The molecule has 0 spiro atoms.